The van der Waals surface area contributed by atoms with E-state index in [0.717, 1.165) is 6.07 Å². The quantitative estimate of drug-likeness (QED) is 0.854. The van der Waals surface area contributed by atoms with Gasteiger partial charge in [0.1, 0.15) is 0 Å². The maximum Gasteiger partial charge on any atom is 0.416 e. The molecule has 0 aromatic heterocycles. The maximum atomic E-state index is 12.9. The third-order valence-electron chi connectivity index (χ3n) is 2.88. The number of hydrogen-bond acceptors (Lipinski definition) is 2. The highest BCUT2D eigenvalue weighted by Gasteiger charge is 2.33. The van der Waals surface area contributed by atoms with E-state index in [2.05, 4.69) is 20.7 Å². The molecule has 22 heavy (non-hydrogen) atoms. The average molecular weight is 394 g/mol. The molecule has 0 heterocycles. The Kier molecular flexibility index (Phi) is 4.93. The lowest BCUT2D eigenvalue weighted by Gasteiger charge is -2.13. The van der Waals surface area contributed by atoms with Gasteiger partial charge in [-0.3, -0.25) is 0 Å². The molecule has 0 saturated heterocycles. The second kappa shape index (κ2) is 6.39. The fourth-order valence-corrected chi connectivity index (χ4v) is 3.44. The summed E-state index contributed by atoms with van der Waals surface area (Å²) in [6.45, 7) is -0.440. The van der Waals surface area contributed by atoms with E-state index < -0.39 is 28.3 Å². The van der Waals surface area contributed by atoms with Crippen molar-refractivity contribution in [1.29, 1.82) is 0 Å². The molecule has 118 valence electrons. The molecule has 2 aromatic rings. The van der Waals surface area contributed by atoms with Gasteiger partial charge in [0.25, 0.3) is 0 Å². The molecule has 0 aliphatic rings. The normalized spacial score (nSPS) is 12.4. The van der Waals surface area contributed by atoms with Crippen molar-refractivity contribution in [3.8, 4) is 0 Å². The maximum absolute atomic E-state index is 12.9. The molecule has 3 nitrogen and oxygen atoms in total. The molecule has 8 heteroatoms. The van der Waals surface area contributed by atoms with Crippen LogP contribution in [0.2, 0.25) is 0 Å². The van der Waals surface area contributed by atoms with E-state index >= 15 is 0 Å². The highest BCUT2D eigenvalue weighted by molar-refractivity contribution is 9.10. The molecule has 0 spiro atoms. The Hall–Kier alpha value is -1.38. The number of halogens is 4. The minimum atomic E-state index is -4.53. The van der Waals surface area contributed by atoms with Crippen LogP contribution >= 0.6 is 15.9 Å². The second-order valence-corrected chi connectivity index (χ2v) is 7.12. The summed E-state index contributed by atoms with van der Waals surface area (Å²) in [4.78, 5) is -0.0219. The highest BCUT2D eigenvalue weighted by Crippen LogP contribution is 2.31. The van der Waals surface area contributed by atoms with Crippen molar-refractivity contribution in [1.82, 2.24) is 4.72 Å². The van der Waals surface area contributed by atoms with Gasteiger partial charge >= 0.3 is 6.18 Å². The number of rotatable bonds is 4. The summed E-state index contributed by atoms with van der Waals surface area (Å²) in [5.41, 5.74) is -0.986. The molecule has 0 amide bonds. The Morgan fingerprint density at radius 2 is 1.73 bits per heavy atom. The molecular formula is C14H11BrF3NO2S. The molecule has 2 rings (SSSR count). The van der Waals surface area contributed by atoms with E-state index in [1.165, 1.54) is 36.4 Å². The van der Waals surface area contributed by atoms with Crippen molar-refractivity contribution in [2.45, 2.75) is 17.6 Å². The molecule has 1 N–H and O–H groups in total. The number of sulfonamides is 1. The molecule has 0 saturated carbocycles. The van der Waals surface area contributed by atoms with Crippen molar-refractivity contribution < 1.29 is 21.6 Å². The zero-order valence-corrected chi connectivity index (χ0v) is 13.5. The molecule has 0 aliphatic carbocycles. The Bertz CT molecular complexity index is 776. The number of hydrogen-bond donors (Lipinski definition) is 1. The van der Waals surface area contributed by atoms with Gasteiger partial charge in [-0.15, -0.1) is 0 Å². The van der Waals surface area contributed by atoms with Crippen molar-refractivity contribution >= 4 is 26.0 Å². The summed E-state index contributed by atoms with van der Waals surface area (Å²) < 4.78 is 65.5. The van der Waals surface area contributed by atoms with Gasteiger partial charge in [-0.1, -0.05) is 40.2 Å². The van der Waals surface area contributed by atoms with Crippen molar-refractivity contribution in [3.63, 3.8) is 0 Å². The van der Waals surface area contributed by atoms with Crippen molar-refractivity contribution in [3.05, 3.63) is 64.1 Å². The molecule has 0 bridgehead atoms. The van der Waals surface area contributed by atoms with Gasteiger partial charge < -0.3 is 0 Å². The van der Waals surface area contributed by atoms with Gasteiger partial charge in [0, 0.05) is 11.0 Å². The minimum Gasteiger partial charge on any atom is -0.207 e. The van der Waals surface area contributed by atoms with E-state index in [1.807, 2.05) is 0 Å². The summed E-state index contributed by atoms with van der Waals surface area (Å²) in [6, 6.07) is 10.8. The van der Waals surface area contributed by atoms with Crippen LogP contribution in [0.25, 0.3) is 0 Å². The first-order chi connectivity index (χ1) is 10.2. The van der Waals surface area contributed by atoms with Crippen molar-refractivity contribution in [2.24, 2.45) is 0 Å². The smallest absolute Gasteiger partial charge is 0.207 e. The zero-order chi connectivity index (χ0) is 16.4. The third-order valence-corrected chi connectivity index (χ3v) is 4.77. The zero-order valence-electron chi connectivity index (χ0n) is 11.1. The Morgan fingerprint density at radius 3 is 2.36 bits per heavy atom. The topological polar surface area (TPSA) is 46.2 Å². The molecule has 2 aromatic carbocycles. The fourth-order valence-electron chi connectivity index (χ4n) is 1.84. The standard InChI is InChI=1S/C14H11BrF3NO2S/c15-11-5-3-6-12(8-11)22(20,21)19-9-10-4-1-2-7-13(10)14(16,17)18/h1-8,19H,9H2. The highest BCUT2D eigenvalue weighted by atomic mass is 79.9. The van der Waals surface area contributed by atoms with E-state index in [0.29, 0.717) is 4.47 Å². The Labute approximate surface area is 134 Å². The van der Waals surface area contributed by atoms with Gasteiger partial charge in [0.05, 0.1) is 10.5 Å². The van der Waals surface area contributed by atoms with Crippen LogP contribution in [0.3, 0.4) is 0 Å². The summed E-state index contributed by atoms with van der Waals surface area (Å²) >= 11 is 3.15. The first-order valence-electron chi connectivity index (χ1n) is 6.10. The van der Waals surface area contributed by atoms with E-state index in [1.54, 1.807) is 6.07 Å². The van der Waals surface area contributed by atoms with E-state index in [4.69, 9.17) is 0 Å². The van der Waals surface area contributed by atoms with Crippen LogP contribution in [0, 0.1) is 0 Å². The van der Waals surface area contributed by atoms with E-state index in [-0.39, 0.29) is 10.5 Å². The van der Waals surface area contributed by atoms with Gasteiger partial charge in [-0.2, -0.15) is 13.2 Å². The fraction of sp³-hybridized carbons (Fsp3) is 0.143. The third kappa shape index (κ3) is 4.08. The molecule has 0 atom stereocenters. The van der Waals surface area contributed by atoms with Crippen LogP contribution in [0.5, 0.6) is 0 Å². The van der Waals surface area contributed by atoms with Crippen molar-refractivity contribution in [2.75, 3.05) is 0 Å². The molecule has 0 unspecified atom stereocenters. The average Bonchev–Trinajstić information content (AvgIpc) is 2.44. The summed E-state index contributed by atoms with van der Waals surface area (Å²) in [6.07, 6.45) is -4.53. The predicted molar refractivity (Wildman–Crippen MR) is 79.6 cm³/mol. The van der Waals surface area contributed by atoms with Crippen LogP contribution in [-0.4, -0.2) is 8.42 Å². The monoisotopic (exact) mass is 393 g/mol. The largest absolute Gasteiger partial charge is 0.416 e. The molecule has 0 aliphatic heterocycles. The number of nitrogens with one attached hydrogen (secondary N) is 1. The van der Waals surface area contributed by atoms with Crippen LogP contribution in [0.15, 0.2) is 57.9 Å². The van der Waals surface area contributed by atoms with Crippen LogP contribution in [-0.2, 0) is 22.7 Å². The Balaban J connectivity index is 2.24. The minimum absolute atomic E-state index is 0.0219. The lowest BCUT2D eigenvalue weighted by molar-refractivity contribution is -0.138. The van der Waals surface area contributed by atoms with Crippen LogP contribution in [0.1, 0.15) is 11.1 Å². The molecule has 0 fully saturated rings. The Morgan fingerprint density at radius 1 is 1.05 bits per heavy atom. The molecular weight excluding hydrogens is 383 g/mol. The lowest BCUT2D eigenvalue weighted by Crippen LogP contribution is -2.24. The van der Waals surface area contributed by atoms with Gasteiger partial charge in [0.2, 0.25) is 10.0 Å². The second-order valence-electron chi connectivity index (χ2n) is 4.44. The first kappa shape index (κ1) is 17.0. The molecule has 0 radical (unpaired) electrons. The lowest BCUT2D eigenvalue weighted by atomic mass is 10.1. The van der Waals surface area contributed by atoms with Gasteiger partial charge in [-0.25, -0.2) is 13.1 Å². The predicted octanol–water partition coefficient (Wildman–Crippen LogP) is 3.95. The summed E-state index contributed by atoms with van der Waals surface area (Å²) in [5, 5.41) is 0. The van der Waals surface area contributed by atoms with Gasteiger partial charge in [-0.05, 0) is 29.8 Å². The van der Waals surface area contributed by atoms with Gasteiger partial charge in [0.15, 0.2) is 0 Å². The number of benzene rings is 2. The first-order valence-corrected chi connectivity index (χ1v) is 8.38. The van der Waals surface area contributed by atoms with Crippen LogP contribution < -0.4 is 4.72 Å². The summed E-state index contributed by atoms with van der Waals surface area (Å²) in [7, 11) is -3.89. The summed E-state index contributed by atoms with van der Waals surface area (Å²) in [5.74, 6) is 0. The number of alkyl halides is 3. The SMILES string of the molecule is O=S(=O)(NCc1ccccc1C(F)(F)F)c1cccc(Br)c1. The van der Waals surface area contributed by atoms with E-state index in [9.17, 15) is 21.6 Å². The van der Waals surface area contributed by atoms with Crippen LogP contribution in [0.4, 0.5) is 13.2 Å².